The summed E-state index contributed by atoms with van der Waals surface area (Å²) in [5.41, 5.74) is 1.57. The summed E-state index contributed by atoms with van der Waals surface area (Å²) in [5, 5.41) is 3.86. The Kier molecular flexibility index (Phi) is 6.29. The van der Waals surface area contributed by atoms with Crippen LogP contribution in [0, 0.1) is 5.82 Å². The highest BCUT2D eigenvalue weighted by Gasteiger charge is 2.28. The number of fused-ring (bicyclic) bond motifs is 1. The summed E-state index contributed by atoms with van der Waals surface area (Å²) in [6.45, 7) is 7.01. The van der Waals surface area contributed by atoms with Crippen LogP contribution >= 0.6 is 11.6 Å². The monoisotopic (exact) mass is 458 g/mol. The van der Waals surface area contributed by atoms with Gasteiger partial charge in [-0.15, -0.1) is 0 Å². The van der Waals surface area contributed by atoms with E-state index in [1.807, 2.05) is 49.6 Å². The number of ether oxygens (including phenoxy) is 1. The van der Waals surface area contributed by atoms with Crippen LogP contribution in [0.1, 0.15) is 39.2 Å². The molecule has 1 aromatic heterocycles. The van der Waals surface area contributed by atoms with Gasteiger partial charge in [-0.3, -0.25) is 0 Å². The summed E-state index contributed by atoms with van der Waals surface area (Å²) in [5.74, 6) is 0.275. The lowest BCUT2D eigenvalue weighted by Crippen LogP contribution is -2.47. The van der Waals surface area contributed by atoms with Crippen molar-refractivity contribution < 1.29 is 13.9 Å². The minimum absolute atomic E-state index is 0.00271. The topological polar surface area (TPSA) is 59.4 Å². The van der Waals surface area contributed by atoms with Gasteiger partial charge in [0.1, 0.15) is 11.4 Å². The molecule has 8 heteroatoms. The molecule has 6 nitrogen and oxygen atoms in total. The van der Waals surface area contributed by atoms with E-state index in [9.17, 15) is 9.18 Å². The van der Waals surface area contributed by atoms with E-state index in [1.165, 1.54) is 6.07 Å². The number of carbonyl (C=O) groups excluding carboxylic acids is 1. The number of nitrogens with zero attached hydrogens (tertiary/aromatic N) is 3. The number of carbonyl (C=O) groups is 1. The molecule has 1 atom stereocenters. The molecule has 1 fully saturated rings. The van der Waals surface area contributed by atoms with Crippen molar-refractivity contribution in [2.45, 2.75) is 51.8 Å². The first-order valence-electron chi connectivity index (χ1n) is 10.8. The third kappa shape index (κ3) is 4.99. The van der Waals surface area contributed by atoms with Crippen molar-refractivity contribution in [3.8, 4) is 0 Å². The fraction of sp³-hybridized carbons (Fsp3) is 0.417. The molecule has 0 radical (unpaired) electrons. The lowest BCUT2D eigenvalue weighted by Gasteiger charge is -2.34. The van der Waals surface area contributed by atoms with Gasteiger partial charge in [-0.05, 0) is 57.9 Å². The van der Waals surface area contributed by atoms with Gasteiger partial charge in [0.15, 0.2) is 0 Å². The molecule has 1 amide bonds. The van der Waals surface area contributed by atoms with E-state index in [-0.39, 0.29) is 24.5 Å². The molecule has 0 spiro atoms. The molecular weight excluding hydrogens is 431 g/mol. The Balaban J connectivity index is 1.59. The standard InChI is InChI=1S/C24H28ClFN4O2/c1-24(2,3)32-23(31)29-13-7-8-16(14-29)27-22-28-20-11-4-5-12-21(20)30(22)15-17-18(25)9-6-10-19(17)26/h4-6,9-12,16H,7-8,13-15H2,1-3H3,(H,27,28). The highest BCUT2D eigenvalue weighted by atomic mass is 35.5. The highest BCUT2D eigenvalue weighted by molar-refractivity contribution is 6.31. The normalized spacial score (nSPS) is 16.9. The number of halogens is 2. The molecule has 1 unspecified atom stereocenters. The molecule has 1 aliphatic heterocycles. The number of piperidine rings is 1. The predicted molar refractivity (Wildman–Crippen MR) is 125 cm³/mol. The first-order chi connectivity index (χ1) is 15.2. The van der Waals surface area contributed by atoms with Gasteiger partial charge in [0.25, 0.3) is 0 Å². The highest BCUT2D eigenvalue weighted by Crippen LogP contribution is 2.27. The van der Waals surface area contributed by atoms with Gasteiger partial charge in [-0.25, -0.2) is 14.2 Å². The zero-order valence-corrected chi connectivity index (χ0v) is 19.3. The summed E-state index contributed by atoms with van der Waals surface area (Å²) in [4.78, 5) is 19.0. The molecule has 1 aliphatic rings. The Hall–Kier alpha value is -2.80. The first kappa shape index (κ1) is 22.4. The van der Waals surface area contributed by atoms with Gasteiger partial charge >= 0.3 is 6.09 Å². The molecule has 0 saturated carbocycles. The van der Waals surface area contributed by atoms with Gasteiger partial charge in [0, 0.05) is 29.7 Å². The zero-order chi connectivity index (χ0) is 22.9. The van der Waals surface area contributed by atoms with Crippen molar-refractivity contribution in [2.75, 3.05) is 18.4 Å². The number of rotatable bonds is 4. The van der Waals surface area contributed by atoms with Gasteiger partial charge in [0.2, 0.25) is 5.95 Å². The SMILES string of the molecule is CC(C)(C)OC(=O)N1CCCC(Nc2nc3ccccc3n2Cc2c(F)cccc2Cl)C1. The second kappa shape index (κ2) is 8.98. The van der Waals surface area contributed by atoms with E-state index in [0.29, 0.717) is 29.6 Å². The van der Waals surface area contributed by atoms with E-state index in [4.69, 9.17) is 21.3 Å². The van der Waals surface area contributed by atoms with Crippen molar-refractivity contribution >= 4 is 34.7 Å². The molecule has 3 aromatic rings. The maximum absolute atomic E-state index is 14.5. The predicted octanol–water partition coefficient (Wildman–Crippen LogP) is 5.69. The second-order valence-corrected chi connectivity index (χ2v) is 9.53. The van der Waals surface area contributed by atoms with Crippen LogP contribution < -0.4 is 5.32 Å². The van der Waals surface area contributed by atoms with Gasteiger partial charge < -0.3 is 19.5 Å². The number of nitrogens with one attached hydrogen (secondary N) is 1. The van der Waals surface area contributed by atoms with E-state index in [0.717, 1.165) is 23.9 Å². The van der Waals surface area contributed by atoms with Crippen molar-refractivity contribution in [2.24, 2.45) is 0 Å². The summed E-state index contributed by atoms with van der Waals surface area (Å²) in [6, 6.07) is 12.4. The van der Waals surface area contributed by atoms with Crippen LogP contribution in [0.15, 0.2) is 42.5 Å². The van der Waals surface area contributed by atoms with Crippen LogP contribution in [-0.2, 0) is 11.3 Å². The summed E-state index contributed by atoms with van der Waals surface area (Å²) in [7, 11) is 0. The summed E-state index contributed by atoms with van der Waals surface area (Å²) < 4.78 is 22.0. The molecule has 0 bridgehead atoms. The van der Waals surface area contributed by atoms with Crippen LogP contribution in [0.3, 0.4) is 0 Å². The molecule has 1 N–H and O–H groups in total. The zero-order valence-electron chi connectivity index (χ0n) is 18.6. The lowest BCUT2D eigenvalue weighted by atomic mass is 10.1. The van der Waals surface area contributed by atoms with Crippen LogP contribution in [0.2, 0.25) is 5.02 Å². The third-order valence-electron chi connectivity index (χ3n) is 5.44. The average molecular weight is 459 g/mol. The Morgan fingerprint density at radius 1 is 1.25 bits per heavy atom. The minimum Gasteiger partial charge on any atom is -0.444 e. The quantitative estimate of drug-likeness (QED) is 0.545. The minimum atomic E-state index is -0.537. The molecule has 0 aliphatic carbocycles. The molecule has 2 heterocycles. The number of imidazole rings is 1. The fourth-order valence-electron chi connectivity index (χ4n) is 3.96. The third-order valence-corrected chi connectivity index (χ3v) is 5.79. The average Bonchev–Trinajstić information content (AvgIpc) is 3.06. The van der Waals surface area contributed by atoms with Crippen molar-refractivity contribution in [3.05, 3.63) is 58.9 Å². The molecule has 32 heavy (non-hydrogen) atoms. The molecule has 170 valence electrons. The van der Waals surface area contributed by atoms with Gasteiger partial charge in [0.05, 0.1) is 17.6 Å². The number of benzene rings is 2. The number of likely N-dealkylation sites (tertiary alicyclic amines) is 1. The van der Waals surface area contributed by atoms with Crippen molar-refractivity contribution in [3.63, 3.8) is 0 Å². The number of para-hydroxylation sites is 2. The summed E-state index contributed by atoms with van der Waals surface area (Å²) in [6.07, 6.45) is 1.44. The van der Waals surface area contributed by atoms with E-state index >= 15 is 0 Å². The van der Waals surface area contributed by atoms with Crippen LogP contribution in [0.5, 0.6) is 0 Å². The van der Waals surface area contributed by atoms with E-state index in [1.54, 1.807) is 17.0 Å². The smallest absolute Gasteiger partial charge is 0.410 e. The number of hydrogen-bond acceptors (Lipinski definition) is 4. The maximum Gasteiger partial charge on any atom is 0.410 e. The van der Waals surface area contributed by atoms with Gasteiger partial charge in [-0.1, -0.05) is 29.8 Å². The van der Waals surface area contributed by atoms with Crippen LogP contribution in [0.4, 0.5) is 15.1 Å². The number of aromatic nitrogens is 2. The van der Waals surface area contributed by atoms with Crippen molar-refractivity contribution in [1.82, 2.24) is 14.5 Å². The first-order valence-corrected chi connectivity index (χ1v) is 11.2. The van der Waals surface area contributed by atoms with Crippen molar-refractivity contribution in [1.29, 1.82) is 0 Å². The summed E-state index contributed by atoms with van der Waals surface area (Å²) >= 11 is 6.30. The van der Waals surface area contributed by atoms with E-state index in [2.05, 4.69) is 5.32 Å². The van der Waals surface area contributed by atoms with Gasteiger partial charge in [-0.2, -0.15) is 0 Å². The van der Waals surface area contributed by atoms with E-state index < -0.39 is 5.60 Å². The Labute approximate surface area is 192 Å². The van der Waals surface area contributed by atoms with Crippen LogP contribution in [0.25, 0.3) is 11.0 Å². The molecule has 1 saturated heterocycles. The number of hydrogen-bond donors (Lipinski definition) is 1. The fourth-order valence-corrected chi connectivity index (χ4v) is 4.18. The maximum atomic E-state index is 14.5. The second-order valence-electron chi connectivity index (χ2n) is 9.12. The lowest BCUT2D eigenvalue weighted by molar-refractivity contribution is 0.0206. The Bertz CT molecular complexity index is 1100. The molecule has 2 aromatic carbocycles. The largest absolute Gasteiger partial charge is 0.444 e. The van der Waals surface area contributed by atoms with Crippen LogP contribution in [-0.4, -0.2) is 45.3 Å². The molecular formula is C24H28ClFN4O2. The Morgan fingerprint density at radius 2 is 2.03 bits per heavy atom. The molecule has 4 rings (SSSR count). The number of anilines is 1. The Morgan fingerprint density at radius 3 is 2.78 bits per heavy atom. The number of amides is 1.